The fraction of sp³-hybridized carbons (Fsp3) is 1.00. The van der Waals surface area contributed by atoms with Crippen LogP contribution in [0.5, 0.6) is 0 Å². The van der Waals surface area contributed by atoms with Crippen LogP contribution in [0, 0.1) is 10.1 Å². The topological polar surface area (TPSA) is 95.7 Å². The molecular formula is CF3NO6S. The lowest BCUT2D eigenvalue weighted by Gasteiger charge is -2.00. The largest absolute Gasteiger partial charge is 0.594 e. The van der Waals surface area contributed by atoms with E-state index in [1.54, 1.807) is 0 Å². The maximum Gasteiger partial charge on any atom is 0.594 e. The van der Waals surface area contributed by atoms with Crippen molar-refractivity contribution in [3.63, 3.8) is 0 Å². The van der Waals surface area contributed by atoms with E-state index in [-0.39, 0.29) is 0 Å². The molecular weight excluding hydrogens is 211 g/mol. The number of hydrogen-bond donors (Lipinski definition) is 0. The van der Waals surface area contributed by atoms with E-state index in [4.69, 9.17) is 0 Å². The molecule has 72 valence electrons. The van der Waals surface area contributed by atoms with Gasteiger partial charge in [0.25, 0.3) is 0 Å². The molecule has 0 atom stereocenters. The Hall–Kier alpha value is -0.940. The van der Waals surface area contributed by atoms with Crippen molar-refractivity contribution in [1.82, 2.24) is 0 Å². The molecule has 0 aromatic rings. The van der Waals surface area contributed by atoms with Gasteiger partial charge in [0.2, 0.25) is 0 Å². The van der Waals surface area contributed by atoms with Crippen molar-refractivity contribution in [1.29, 1.82) is 0 Å². The van der Waals surface area contributed by atoms with Crippen molar-refractivity contribution in [3.8, 4) is 0 Å². The monoisotopic (exact) mass is 211 g/mol. The molecule has 7 nitrogen and oxygen atoms in total. The number of halogens is 3. The molecule has 11 heteroatoms. The smallest absolute Gasteiger partial charge is 0.245 e. The van der Waals surface area contributed by atoms with Crippen LogP contribution in [-0.4, -0.2) is 19.1 Å². The number of rotatable bonds is 3. The van der Waals surface area contributed by atoms with Gasteiger partial charge in [0.05, 0.1) is 0 Å². The minimum atomic E-state index is -5.55. The molecule has 0 fully saturated rings. The molecule has 0 saturated heterocycles. The maximum atomic E-state index is 11.0. The summed E-state index contributed by atoms with van der Waals surface area (Å²) in [5, 5.41) is 9.38. The van der Waals surface area contributed by atoms with Gasteiger partial charge >= 0.3 is 16.7 Å². The van der Waals surface area contributed by atoms with Crippen molar-refractivity contribution in [2.45, 2.75) is 6.36 Å². The van der Waals surface area contributed by atoms with E-state index in [9.17, 15) is 31.7 Å². The SMILES string of the molecule is O=[N+]([O-])S(=O)(=O)OOC(F)(F)F. The van der Waals surface area contributed by atoms with Crippen LogP contribution in [-0.2, 0) is 19.5 Å². The van der Waals surface area contributed by atoms with Gasteiger partial charge in [-0.25, -0.2) is 10.1 Å². The van der Waals surface area contributed by atoms with Crippen LogP contribution in [0.4, 0.5) is 13.2 Å². The third kappa shape index (κ3) is 4.05. The third-order valence-electron chi connectivity index (χ3n) is 0.397. The summed E-state index contributed by atoms with van der Waals surface area (Å²) in [4.78, 5) is 11.6. The summed E-state index contributed by atoms with van der Waals surface area (Å²) in [5.41, 5.74) is 0. The summed E-state index contributed by atoms with van der Waals surface area (Å²) in [7, 11) is -5.55. The highest BCUT2D eigenvalue weighted by Crippen LogP contribution is 2.17. The Morgan fingerprint density at radius 1 is 1.33 bits per heavy atom. The standard InChI is InChI=1S/CF3NO6S/c2-1(3,4)10-11-12(8,9)5(6)7. The first-order valence-corrected chi connectivity index (χ1v) is 3.35. The van der Waals surface area contributed by atoms with Gasteiger partial charge in [-0.05, 0) is 4.33 Å². The average Bonchev–Trinajstić information content (AvgIpc) is 1.82. The van der Waals surface area contributed by atoms with Crippen LogP contribution in [0.25, 0.3) is 0 Å². The lowest BCUT2D eigenvalue weighted by molar-refractivity contribution is -0.462. The van der Waals surface area contributed by atoms with Gasteiger partial charge in [0, 0.05) is 0 Å². The normalized spacial score (nSPS) is 12.9. The number of alkyl halides is 3. The molecule has 0 aromatic heterocycles. The number of hydrogen-bond acceptors (Lipinski definition) is 6. The van der Waals surface area contributed by atoms with Crippen LogP contribution >= 0.6 is 0 Å². The molecule has 0 aliphatic rings. The zero-order valence-electron chi connectivity index (χ0n) is 4.94. The molecule has 0 aliphatic carbocycles. The van der Waals surface area contributed by atoms with Crippen LogP contribution in [0.2, 0.25) is 0 Å². The molecule has 0 radical (unpaired) electrons. The fourth-order valence-corrected chi connectivity index (χ4v) is 0.319. The van der Waals surface area contributed by atoms with Gasteiger partial charge in [-0.2, -0.15) is 0 Å². The lowest BCUT2D eigenvalue weighted by Crippen LogP contribution is -2.22. The number of nitrogens with zero attached hydrogens (tertiary/aromatic N) is 1. The molecule has 0 amide bonds. The second kappa shape index (κ2) is 3.20. The highest BCUT2D eigenvalue weighted by molar-refractivity contribution is 7.80. The first-order chi connectivity index (χ1) is 5.15. The van der Waals surface area contributed by atoms with Crippen molar-refractivity contribution in [2.75, 3.05) is 0 Å². The fourth-order valence-electron chi connectivity index (χ4n) is 0.106. The van der Waals surface area contributed by atoms with Gasteiger partial charge in [-0.3, -0.25) is 0 Å². The van der Waals surface area contributed by atoms with Crippen molar-refractivity contribution < 1.29 is 35.1 Å². The van der Waals surface area contributed by atoms with E-state index in [1.165, 1.54) is 0 Å². The Labute approximate surface area is 63.0 Å². The van der Waals surface area contributed by atoms with E-state index < -0.39 is 21.0 Å². The molecule has 0 heterocycles. The summed E-state index contributed by atoms with van der Waals surface area (Å²) >= 11 is 0. The Balaban J connectivity index is 4.22. The molecule has 0 bridgehead atoms. The molecule has 0 N–H and O–H groups in total. The van der Waals surface area contributed by atoms with Gasteiger partial charge in [0.1, 0.15) is 0 Å². The number of nitro groups is 1. The molecule has 12 heavy (non-hydrogen) atoms. The van der Waals surface area contributed by atoms with Gasteiger partial charge < -0.3 is 0 Å². The van der Waals surface area contributed by atoms with Gasteiger partial charge in [-0.1, -0.05) is 0 Å². The first-order valence-electron chi connectivity index (χ1n) is 1.99. The van der Waals surface area contributed by atoms with Gasteiger partial charge in [0.15, 0.2) is 4.33 Å². The minimum Gasteiger partial charge on any atom is -0.245 e. The third-order valence-corrected chi connectivity index (χ3v) is 1.00. The summed E-state index contributed by atoms with van der Waals surface area (Å²) in [6.07, 6.45) is -5.41. The summed E-state index contributed by atoms with van der Waals surface area (Å²) in [5.74, 6) is 0. The Morgan fingerprint density at radius 3 is 2.00 bits per heavy atom. The van der Waals surface area contributed by atoms with Crippen LogP contribution < -0.4 is 0 Å². The predicted molar refractivity (Wildman–Crippen MR) is 24.1 cm³/mol. The quantitative estimate of drug-likeness (QED) is 0.369. The molecule has 0 aliphatic heterocycles. The first kappa shape index (κ1) is 11.1. The molecule has 0 unspecified atom stereocenters. The maximum absolute atomic E-state index is 11.0. The van der Waals surface area contributed by atoms with Crippen LogP contribution in [0.1, 0.15) is 0 Å². The Kier molecular flexibility index (Phi) is 2.95. The zero-order valence-corrected chi connectivity index (χ0v) is 5.76. The Morgan fingerprint density at radius 2 is 1.75 bits per heavy atom. The summed E-state index contributed by atoms with van der Waals surface area (Å²) in [6, 6.07) is 0. The summed E-state index contributed by atoms with van der Waals surface area (Å²) in [6.45, 7) is 0. The van der Waals surface area contributed by atoms with E-state index in [1.807, 2.05) is 0 Å². The van der Waals surface area contributed by atoms with Crippen molar-refractivity contribution >= 4 is 10.3 Å². The second-order valence-corrected chi connectivity index (χ2v) is 2.54. The molecule has 0 saturated carbocycles. The van der Waals surface area contributed by atoms with E-state index in [0.717, 1.165) is 0 Å². The van der Waals surface area contributed by atoms with Crippen molar-refractivity contribution in [3.05, 3.63) is 10.1 Å². The van der Waals surface area contributed by atoms with Gasteiger partial charge in [-0.15, -0.1) is 26.5 Å². The van der Waals surface area contributed by atoms with Crippen LogP contribution in [0.3, 0.4) is 0 Å². The van der Waals surface area contributed by atoms with E-state index in [0.29, 0.717) is 0 Å². The van der Waals surface area contributed by atoms with E-state index in [2.05, 4.69) is 9.22 Å². The Bertz CT molecular complexity index is 265. The highest BCUT2D eigenvalue weighted by Gasteiger charge is 2.38. The average molecular weight is 211 g/mol. The van der Waals surface area contributed by atoms with Crippen molar-refractivity contribution in [2.24, 2.45) is 0 Å². The molecule has 0 spiro atoms. The minimum absolute atomic E-state index is 2.07. The van der Waals surface area contributed by atoms with Crippen LogP contribution in [0.15, 0.2) is 0 Å². The second-order valence-electron chi connectivity index (χ2n) is 1.25. The lowest BCUT2D eigenvalue weighted by atomic mass is 11.4. The zero-order chi connectivity index (χ0) is 9.99. The predicted octanol–water partition coefficient (Wildman–Crippen LogP) is -0.0241. The molecule has 0 rings (SSSR count). The van der Waals surface area contributed by atoms with E-state index >= 15 is 0 Å². The highest BCUT2D eigenvalue weighted by atomic mass is 32.2. The molecule has 0 aromatic carbocycles. The summed E-state index contributed by atoms with van der Waals surface area (Å²) < 4.78 is 53.1.